The van der Waals surface area contributed by atoms with Gasteiger partial charge in [-0.15, -0.1) is 12.4 Å². The number of nitrogens with zero attached hydrogens (tertiary/aromatic N) is 1. The maximum absolute atomic E-state index is 12.4. The molecule has 1 heterocycles. The molecule has 1 amide bonds. The molecule has 3 N–H and O–H groups in total. The molecule has 2 aliphatic rings. The highest BCUT2D eigenvalue weighted by atomic mass is 35.5. The van der Waals surface area contributed by atoms with Crippen LogP contribution in [0.5, 0.6) is 0 Å². The van der Waals surface area contributed by atoms with E-state index < -0.39 is 18.1 Å². The number of carbonyl (C=O) groups excluding carboxylic acids is 1. The maximum atomic E-state index is 12.4. The normalized spacial score (nSPS) is 31.4. The highest BCUT2D eigenvalue weighted by molar-refractivity contribution is 5.88. The van der Waals surface area contributed by atoms with Gasteiger partial charge in [-0.3, -0.25) is 4.79 Å². The van der Waals surface area contributed by atoms with Crippen molar-refractivity contribution in [2.24, 2.45) is 23.5 Å². The van der Waals surface area contributed by atoms with Gasteiger partial charge in [-0.05, 0) is 30.6 Å². The number of rotatable bonds is 4. The number of nitrogens with two attached hydrogens (primary N) is 1. The zero-order valence-corrected chi connectivity index (χ0v) is 12.9. The van der Waals surface area contributed by atoms with Gasteiger partial charge in [0.05, 0.1) is 6.04 Å². The standard InChI is InChI=1S/C14H24N2O3.ClH/c1-3-8(2)11(15)13(17)16-7-9-5-4-6-10(9)12(16)14(18)19;/h8-12H,3-7,15H2,1-2H3,(H,18,19);1H/t8-,9-,10-,11-,12-;/m0./s1. The van der Waals surface area contributed by atoms with Crippen molar-refractivity contribution >= 4 is 24.3 Å². The Bertz CT molecular complexity index is 377. The summed E-state index contributed by atoms with van der Waals surface area (Å²) in [5.41, 5.74) is 5.98. The van der Waals surface area contributed by atoms with E-state index in [1.54, 1.807) is 0 Å². The topological polar surface area (TPSA) is 83.6 Å². The van der Waals surface area contributed by atoms with Crippen LogP contribution in [0.15, 0.2) is 0 Å². The lowest BCUT2D eigenvalue weighted by atomic mass is 9.94. The third-order valence-electron chi connectivity index (χ3n) is 4.97. The Hall–Kier alpha value is -0.810. The second-order valence-corrected chi connectivity index (χ2v) is 6.04. The molecule has 20 heavy (non-hydrogen) atoms. The zero-order chi connectivity index (χ0) is 14.2. The van der Waals surface area contributed by atoms with Crippen LogP contribution in [0.25, 0.3) is 0 Å². The highest BCUT2D eigenvalue weighted by Gasteiger charge is 2.50. The molecule has 0 bridgehead atoms. The summed E-state index contributed by atoms with van der Waals surface area (Å²) in [6.45, 7) is 4.51. The highest BCUT2D eigenvalue weighted by Crippen LogP contribution is 2.42. The summed E-state index contributed by atoms with van der Waals surface area (Å²) in [6.07, 6.45) is 3.87. The summed E-state index contributed by atoms with van der Waals surface area (Å²) in [7, 11) is 0. The molecule has 1 aliphatic carbocycles. The number of halogens is 1. The van der Waals surface area contributed by atoms with Gasteiger partial charge in [0.1, 0.15) is 6.04 Å². The van der Waals surface area contributed by atoms with Crippen LogP contribution in [0.3, 0.4) is 0 Å². The predicted molar refractivity (Wildman–Crippen MR) is 78.6 cm³/mol. The number of amides is 1. The summed E-state index contributed by atoms with van der Waals surface area (Å²) in [5.74, 6) is -0.489. The quantitative estimate of drug-likeness (QED) is 0.824. The van der Waals surface area contributed by atoms with E-state index >= 15 is 0 Å². The molecule has 0 aromatic carbocycles. The number of hydrogen-bond acceptors (Lipinski definition) is 3. The van der Waals surface area contributed by atoms with Gasteiger partial charge in [0, 0.05) is 6.54 Å². The second-order valence-electron chi connectivity index (χ2n) is 6.04. The fraction of sp³-hybridized carbons (Fsp3) is 0.857. The molecule has 0 spiro atoms. The SMILES string of the molecule is CC[C@H](C)[C@H](N)C(=O)N1C[C@@H]2CCC[C@@H]2[C@H]1C(=O)O.Cl. The van der Waals surface area contributed by atoms with E-state index in [1.807, 2.05) is 13.8 Å². The van der Waals surface area contributed by atoms with Crippen molar-refractivity contribution in [2.45, 2.75) is 51.6 Å². The van der Waals surface area contributed by atoms with Gasteiger partial charge in [-0.2, -0.15) is 0 Å². The molecular weight excluding hydrogens is 280 g/mol. The van der Waals surface area contributed by atoms with Crippen molar-refractivity contribution in [3.8, 4) is 0 Å². The number of carboxylic acid groups (broad SMARTS) is 1. The van der Waals surface area contributed by atoms with Crippen molar-refractivity contribution in [3.05, 3.63) is 0 Å². The third kappa shape index (κ3) is 2.93. The predicted octanol–water partition coefficient (Wildman–Crippen LogP) is 1.49. The average Bonchev–Trinajstić information content (AvgIpc) is 2.94. The van der Waals surface area contributed by atoms with Gasteiger partial charge < -0.3 is 15.7 Å². The summed E-state index contributed by atoms with van der Waals surface area (Å²) in [4.78, 5) is 25.5. The molecule has 2 rings (SSSR count). The summed E-state index contributed by atoms with van der Waals surface area (Å²) in [6, 6.07) is -1.24. The van der Waals surface area contributed by atoms with E-state index in [2.05, 4.69) is 0 Å². The fourth-order valence-corrected chi connectivity index (χ4v) is 3.54. The van der Waals surface area contributed by atoms with Crippen LogP contribution in [-0.2, 0) is 9.59 Å². The molecular formula is C14H25ClN2O3. The van der Waals surface area contributed by atoms with E-state index in [-0.39, 0.29) is 30.2 Å². The Balaban J connectivity index is 0.00000200. The number of aliphatic carboxylic acids is 1. The van der Waals surface area contributed by atoms with E-state index in [4.69, 9.17) is 5.73 Å². The molecule has 116 valence electrons. The maximum Gasteiger partial charge on any atom is 0.326 e. The summed E-state index contributed by atoms with van der Waals surface area (Å²) < 4.78 is 0. The lowest BCUT2D eigenvalue weighted by Gasteiger charge is -2.29. The van der Waals surface area contributed by atoms with Crippen molar-refractivity contribution < 1.29 is 14.7 Å². The van der Waals surface area contributed by atoms with Crippen LogP contribution in [-0.4, -0.2) is 40.5 Å². The first-order valence-electron chi connectivity index (χ1n) is 7.26. The van der Waals surface area contributed by atoms with Crippen LogP contribution >= 0.6 is 12.4 Å². The summed E-state index contributed by atoms with van der Waals surface area (Å²) >= 11 is 0. The van der Waals surface area contributed by atoms with Gasteiger partial charge in [-0.1, -0.05) is 26.7 Å². The van der Waals surface area contributed by atoms with E-state index in [0.29, 0.717) is 12.5 Å². The number of hydrogen-bond donors (Lipinski definition) is 2. The largest absolute Gasteiger partial charge is 0.480 e. The Morgan fingerprint density at radius 3 is 2.60 bits per heavy atom. The Morgan fingerprint density at radius 2 is 2.05 bits per heavy atom. The molecule has 6 heteroatoms. The van der Waals surface area contributed by atoms with E-state index in [1.165, 1.54) is 4.90 Å². The van der Waals surface area contributed by atoms with E-state index in [9.17, 15) is 14.7 Å². The van der Waals surface area contributed by atoms with Gasteiger partial charge in [0.25, 0.3) is 0 Å². The Labute approximate surface area is 126 Å². The minimum atomic E-state index is -0.876. The first-order chi connectivity index (χ1) is 8.97. The van der Waals surface area contributed by atoms with Crippen molar-refractivity contribution in [1.29, 1.82) is 0 Å². The molecule has 5 nitrogen and oxygen atoms in total. The molecule has 5 atom stereocenters. The number of likely N-dealkylation sites (tertiary alicyclic amines) is 1. The molecule has 1 aliphatic heterocycles. The molecule has 0 aromatic rings. The van der Waals surface area contributed by atoms with Gasteiger partial charge in [-0.25, -0.2) is 4.79 Å². The lowest BCUT2D eigenvalue weighted by Crippen LogP contribution is -2.52. The van der Waals surface area contributed by atoms with Crippen LogP contribution < -0.4 is 5.73 Å². The van der Waals surface area contributed by atoms with Crippen LogP contribution in [0.4, 0.5) is 0 Å². The average molecular weight is 305 g/mol. The molecule has 0 radical (unpaired) electrons. The second kappa shape index (κ2) is 6.76. The zero-order valence-electron chi connectivity index (χ0n) is 12.1. The summed E-state index contributed by atoms with van der Waals surface area (Å²) in [5, 5.41) is 9.42. The first-order valence-corrected chi connectivity index (χ1v) is 7.26. The number of carboxylic acids is 1. The molecule has 2 fully saturated rings. The minimum absolute atomic E-state index is 0. The number of fused-ring (bicyclic) bond motifs is 1. The fourth-order valence-electron chi connectivity index (χ4n) is 3.54. The van der Waals surface area contributed by atoms with Gasteiger partial charge in [0.15, 0.2) is 0 Å². The first kappa shape index (κ1) is 17.2. The van der Waals surface area contributed by atoms with Crippen LogP contribution in [0.1, 0.15) is 39.5 Å². The van der Waals surface area contributed by atoms with Crippen LogP contribution in [0.2, 0.25) is 0 Å². The lowest BCUT2D eigenvalue weighted by molar-refractivity contribution is -0.150. The van der Waals surface area contributed by atoms with Crippen molar-refractivity contribution in [2.75, 3.05) is 6.54 Å². The Morgan fingerprint density at radius 1 is 1.40 bits per heavy atom. The van der Waals surface area contributed by atoms with Gasteiger partial charge >= 0.3 is 5.97 Å². The Kier molecular flexibility index (Phi) is 5.83. The number of carbonyl (C=O) groups is 2. The van der Waals surface area contributed by atoms with Crippen LogP contribution in [0, 0.1) is 17.8 Å². The monoisotopic (exact) mass is 304 g/mol. The smallest absolute Gasteiger partial charge is 0.326 e. The molecule has 0 unspecified atom stereocenters. The third-order valence-corrected chi connectivity index (χ3v) is 4.97. The van der Waals surface area contributed by atoms with Crippen molar-refractivity contribution in [3.63, 3.8) is 0 Å². The van der Waals surface area contributed by atoms with E-state index in [0.717, 1.165) is 25.7 Å². The molecule has 1 saturated carbocycles. The molecule has 0 aromatic heterocycles. The van der Waals surface area contributed by atoms with Crippen molar-refractivity contribution in [1.82, 2.24) is 4.90 Å². The van der Waals surface area contributed by atoms with Gasteiger partial charge in [0.2, 0.25) is 5.91 Å². The molecule has 1 saturated heterocycles. The minimum Gasteiger partial charge on any atom is -0.480 e.